The predicted molar refractivity (Wildman–Crippen MR) is 72.7 cm³/mol. The van der Waals surface area contributed by atoms with Crippen molar-refractivity contribution in [3.63, 3.8) is 0 Å². The fourth-order valence-corrected chi connectivity index (χ4v) is 2.90. The van der Waals surface area contributed by atoms with Crippen LogP contribution in [0, 0.1) is 5.41 Å². The third-order valence-corrected chi connectivity index (χ3v) is 4.54. The molecule has 1 aliphatic heterocycles. The van der Waals surface area contributed by atoms with E-state index < -0.39 is 11.4 Å². The Hall–Kier alpha value is -0.870. The Bertz CT molecular complexity index is 421. The quantitative estimate of drug-likeness (QED) is 0.930. The van der Waals surface area contributed by atoms with E-state index in [0.717, 1.165) is 10.0 Å². The zero-order chi connectivity index (χ0) is 13.2. The molecule has 0 spiro atoms. The van der Waals surface area contributed by atoms with Gasteiger partial charge in [-0.3, -0.25) is 4.79 Å². The zero-order valence-electron chi connectivity index (χ0n) is 10.4. The minimum absolute atomic E-state index is 0.00741. The Morgan fingerprint density at radius 3 is 2.39 bits per heavy atom. The van der Waals surface area contributed by atoms with Crippen molar-refractivity contribution in [2.75, 3.05) is 13.2 Å². The number of halogens is 1. The molecule has 1 unspecified atom stereocenters. The van der Waals surface area contributed by atoms with Gasteiger partial charge < -0.3 is 9.84 Å². The molecule has 18 heavy (non-hydrogen) atoms. The van der Waals surface area contributed by atoms with Crippen LogP contribution < -0.4 is 0 Å². The van der Waals surface area contributed by atoms with Crippen molar-refractivity contribution in [2.24, 2.45) is 5.41 Å². The average molecular weight is 313 g/mol. The molecule has 1 aromatic carbocycles. The monoisotopic (exact) mass is 312 g/mol. The van der Waals surface area contributed by atoms with Gasteiger partial charge in [0.1, 0.15) is 0 Å². The largest absolute Gasteiger partial charge is 0.481 e. The second-order valence-corrected chi connectivity index (χ2v) is 5.76. The summed E-state index contributed by atoms with van der Waals surface area (Å²) >= 11 is 3.40. The van der Waals surface area contributed by atoms with Crippen LogP contribution in [-0.4, -0.2) is 24.3 Å². The number of carboxylic acid groups (broad SMARTS) is 1. The molecular weight excluding hydrogens is 296 g/mol. The third kappa shape index (κ3) is 2.45. The molecule has 4 heteroatoms. The first kappa shape index (κ1) is 13.6. The molecule has 2 rings (SSSR count). The standard InChI is InChI=1S/C14H17BrO3/c1-10(11-2-4-12(15)5-3-11)14(13(16)17)6-8-18-9-7-14/h2-5,10H,6-9H2,1H3,(H,16,17). The number of benzene rings is 1. The van der Waals surface area contributed by atoms with Crippen LogP contribution in [0.15, 0.2) is 28.7 Å². The van der Waals surface area contributed by atoms with Gasteiger partial charge in [0, 0.05) is 17.7 Å². The van der Waals surface area contributed by atoms with Gasteiger partial charge in [0.15, 0.2) is 0 Å². The molecule has 1 fully saturated rings. The molecule has 1 aliphatic rings. The van der Waals surface area contributed by atoms with Crippen LogP contribution in [0.2, 0.25) is 0 Å². The van der Waals surface area contributed by atoms with Gasteiger partial charge in [-0.1, -0.05) is 35.0 Å². The minimum Gasteiger partial charge on any atom is -0.481 e. The van der Waals surface area contributed by atoms with Gasteiger partial charge in [0.2, 0.25) is 0 Å². The maximum atomic E-state index is 11.7. The van der Waals surface area contributed by atoms with Crippen LogP contribution in [0.1, 0.15) is 31.2 Å². The molecule has 0 aliphatic carbocycles. The van der Waals surface area contributed by atoms with E-state index >= 15 is 0 Å². The van der Waals surface area contributed by atoms with Crippen molar-refractivity contribution >= 4 is 21.9 Å². The Kier molecular flexibility index (Phi) is 4.07. The summed E-state index contributed by atoms with van der Waals surface area (Å²) < 4.78 is 6.32. The molecule has 0 radical (unpaired) electrons. The van der Waals surface area contributed by atoms with Crippen LogP contribution >= 0.6 is 15.9 Å². The number of rotatable bonds is 3. The maximum Gasteiger partial charge on any atom is 0.310 e. The molecule has 0 bridgehead atoms. The lowest BCUT2D eigenvalue weighted by molar-refractivity contribution is -0.156. The van der Waals surface area contributed by atoms with E-state index in [2.05, 4.69) is 15.9 Å². The highest BCUT2D eigenvalue weighted by Gasteiger charge is 2.45. The fourth-order valence-electron chi connectivity index (χ4n) is 2.64. The topological polar surface area (TPSA) is 46.5 Å². The van der Waals surface area contributed by atoms with Gasteiger partial charge >= 0.3 is 5.97 Å². The lowest BCUT2D eigenvalue weighted by atomic mass is 9.68. The maximum absolute atomic E-state index is 11.7. The Morgan fingerprint density at radius 1 is 1.33 bits per heavy atom. The SMILES string of the molecule is CC(c1ccc(Br)cc1)C1(C(=O)O)CCOCC1. The van der Waals surface area contributed by atoms with Crippen molar-refractivity contribution in [3.05, 3.63) is 34.3 Å². The zero-order valence-corrected chi connectivity index (χ0v) is 11.9. The van der Waals surface area contributed by atoms with Crippen LogP contribution in [0.4, 0.5) is 0 Å². The number of aliphatic carboxylic acids is 1. The number of hydrogen-bond acceptors (Lipinski definition) is 2. The summed E-state index contributed by atoms with van der Waals surface area (Å²) in [5.74, 6) is -0.715. The van der Waals surface area contributed by atoms with Crippen LogP contribution in [0.5, 0.6) is 0 Å². The highest BCUT2D eigenvalue weighted by Crippen LogP contribution is 2.44. The normalized spacial score (nSPS) is 20.3. The molecule has 3 nitrogen and oxygen atoms in total. The van der Waals surface area contributed by atoms with Gasteiger partial charge in [-0.2, -0.15) is 0 Å². The van der Waals surface area contributed by atoms with Gasteiger partial charge in [-0.05, 0) is 36.5 Å². The summed E-state index contributed by atoms with van der Waals surface area (Å²) in [7, 11) is 0. The third-order valence-electron chi connectivity index (χ3n) is 4.01. The van der Waals surface area contributed by atoms with Gasteiger partial charge in [-0.25, -0.2) is 0 Å². The molecule has 1 atom stereocenters. The first-order chi connectivity index (χ1) is 8.56. The second-order valence-electron chi connectivity index (χ2n) is 4.85. The van der Waals surface area contributed by atoms with Crippen LogP contribution in [-0.2, 0) is 9.53 Å². The van der Waals surface area contributed by atoms with E-state index in [1.165, 1.54) is 0 Å². The molecular formula is C14H17BrO3. The summed E-state index contributed by atoms with van der Waals surface area (Å²) in [5, 5.41) is 9.61. The van der Waals surface area contributed by atoms with Crippen molar-refractivity contribution in [3.8, 4) is 0 Å². The van der Waals surface area contributed by atoms with Crippen molar-refractivity contribution in [1.29, 1.82) is 0 Å². The summed E-state index contributed by atoms with van der Waals surface area (Å²) in [6.07, 6.45) is 1.17. The van der Waals surface area contributed by atoms with Crippen molar-refractivity contribution < 1.29 is 14.6 Å². The molecule has 0 aromatic heterocycles. The smallest absolute Gasteiger partial charge is 0.310 e. The summed E-state index contributed by atoms with van der Waals surface area (Å²) in [6, 6.07) is 7.91. The van der Waals surface area contributed by atoms with Crippen molar-refractivity contribution in [2.45, 2.75) is 25.7 Å². The van der Waals surface area contributed by atoms with Crippen LogP contribution in [0.3, 0.4) is 0 Å². The Labute approximate surface area is 115 Å². The van der Waals surface area contributed by atoms with Crippen LogP contribution in [0.25, 0.3) is 0 Å². The fraction of sp³-hybridized carbons (Fsp3) is 0.500. The molecule has 1 saturated heterocycles. The number of hydrogen-bond donors (Lipinski definition) is 1. The second kappa shape index (κ2) is 5.41. The molecule has 0 amide bonds. The van der Waals surface area contributed by atoms with E-state index in [1.807, 2.05) is 31.2 Å². The van der Waals surface area contributed by atoms with Crippen molar-refractivity contribution in [1.82, 2.24) is 0 Å². The van der Waals surface area contributed by atoms with E-state index in [1.54, 1.807) is 0 Å². The van der Waals surface area contributed by atoms with Gasteiger partial charge in [-0.15, -0.1) is 0 Å². The van der Waals surface area contributed by atoms with E-state index in [-0.39, 0.29) is 5.92 Å². The lowest BCUT2D eigenvalue weighted by Gasteiger charge is -2.38. The first-order valence-corrected chi connectivity index (χ1v) is 6.92. The predicted octanol–water partition coefficient (Wildman–Crippen LogP) is 3.43. The van der Waals surface area contributed by atoms with E-state index in [4.69, 9.17) is 4.74 Å². The average Bonchev–Trinajstić information content (AvgIpc) is 2.39. The van der Waals surface area contributed by atoms with Gasteiger partial charge in [0.25, 0.3) is 0 Å². The lowest BCUT2D eigenvalue weighted by Crippen LogP contribution is -2.41. The molecule has 98 valence electrons. The molecule has 1 aromatic rings. The van der Waals surface area contributed by atoms with Gasteiger partial charge in [0.05, 0.1) is 5.41 Å². The highest BCUT2D eigenvalue weighted by atomic mass is 79.9. The Balaban J connectivity index is 2.30. The minimum atomic E-state index is -0.707. The molecule has 0 saturated carbocycles. The molecule has 1 N–H and O–H groups in total. The first-order valence-electron chi connectivity index (χ1n) is 6.13. The van der Waals surface area contributed by atoms with E-state index in [9.17, 15) is 9.90 Å². The number of carbonyl (C=O) groups is 1. The highest BCUT2D eigenvalue weighted by molar-refractivity contribution is 9.10. The summed E-state index contributed by atoms with van der Waals surface area (Å²) in [5.41, 5.74) is 0.383. The summed E-state index contributed by atoms with van der Waals surface area (Å²) in [6.45, 7) is 3.07. The van der Waals surface area contributed by atoms with E-state index in [0.29, 0.717) is 26.1 Å². The number of carboxylic acids is 1. The molecule has 1 heterocycles. The number of ether oxygens (including phenoxy) is 1. The Morgan fingerprint density at radius 2 is 1.89 bits per heavy atom. The summed E-state index contributed by atoms with van der Waals surface area (Å²) in [4.78, 5) is 11.7.